The first kappa shape index (κ1) is 29.1. The Morgan fingerprint density at radius 3 is 2.56 bits per heavy atom. The number of methoxy groups -OCH3 is 1. The Hall–Kier alpha value is -3.30. The molecular formula is C37H41NO7. The van der Waals surface area contributed by atoms with Crippen molar-refractivity contribution in [1.29, 1.82) is 0 Å². The van der Waals surface area contributed by atoms with E-state index in [1.165, 1.54) is 18.1 Å². The van der Waals surface area contributed by atoms with Gasteiger partial charge in [0, 0.05) is 53.0 Å². The molecule has 1 spiro atoms. The van der Waals surface area contributed by atoms with Crippen LogP contribution in [-0.4, -0.2) is 64.3 Å². The molecule has 2 saturated carbocycles. The van der Waals surface area contributed by atoms with Crippen LogP contribution in [0, 0.1) is 11.3 Å². The number of nitrogens with one attached hydrogen (secondary N) is 1. The number of hydrogen-bond acceptors (Lipinski definition) is 7. The summed E-state index contributed by atoms with van der Waals surface area (Å²) in [6.07, 6.45) is 1.49. The third-order valence-electron chi connectivity index (χ3n) is 12.3. The molecule has 1 aromatic heterocycles. The summed E-state index contributed by atoms with van der Waals surface area (Å²) >= 11 is 0. The molecule has 8 atom stereocenters. The minimum atomic E-state index is -1.77. The number of fused-ring (bicyclic) bond motifs is 9. The van der Waals surface area contributed by atoms with Crippen LogP contribution in [0.2, 0.25) is 0 Å². The second-order valence-corrected chi connectivity index (χ2v) is 14.7. The minimum absolute atomic E-state index is 0.0742. The van der Waals surface area contributed by atoms with Gasteiger partial charge in [-0.25, -0.2) is 4.79 Å². The zero-order valence-electron chi connectivity index (χ0n) is 26.5. The molecule has 2 aliphatic heterocycles. The van der Waals surface area contributed by atoms with Crippen LogP contribution < -0.4 is 0 Å². The Bertz CT molecular complexity index is 1760. The predicted molar refractivity (Wildman–Crippen MR) is 166 cm³/mol. The van der Waals surface area contributed by atoms with E-state index in [2.05, 4.69) is 37.0 Å². The average Bonchev–Trinajstić information content (AvgIpc) is 3.61. The van der Waals surface area contributed by atoms with Crippen LogP contribution in [0.5, 0.6) is 0 Å². The zero-order valence-corrected chi connectivity index (χ0v) is 26.5. The number of carbonyl (C=O) groups excluding carboxylic acids is 2. The number of aromatic nitrogens is 1. The Kier molecular flexibility index (Phi) is 6.07. The van der Waals surface area contributed by atoms with Gasteiger partial charge in [0.05, 0.1) is 0 Å². The first-order chi connectivity index (χ1) is 21.4. The van der Waals surface area contributed by atoms with Gasteiger partial charge in [-0.2, -0.15) is 0 Å². The summed E-state index contributed by atoms with van der Waals surface area (Å²) in [5, 5.41) is 14.7. The number of esters is 1. The number of ether oxygens (including phenoxy) is 4. The van der Waals surface area contributed by atoms with Crippen LogP contribution in [-0.2, 0) is 46.8 Å². The van der Waals surface area contributed by atoms with Crippen molar-refractivity contribution in [3.8, 4) is 0 Å². The van der Waals surface area contributed by atoms with Crippen molar-refractivity contribution in [1.82, 2.24) is 4.98 Å². The molecular weight excluding hydrogens is 570 g/mol. The first-order valence-electron chi connectivity index (χ1n) is 16.1. The van der Waals surface area contributed by atoms with E-state index in [-0.39, 0.29) is 11.7 Å². The number of H-pyrrole nitrogens is 1. The highest BCUT2D eigenvalue weighted by atomic mass is 16.8. The fraction of sp³-hybridized carbons (Fsp3) is 0.514. The highest BCUT2D eigenvalue weighted by molar-refractivity contribution is 5.97. The van der Waals surface area contributed by atoms with Gasteiger partial charge in [0.1, 0.15) is 17.3 Å². The first-order valence-corrected chi connectivity index (χ1v) is 16.1. The summed E-state index contributed by atoms with van der Waals surface area (Å²) in [5.41, 5.74) is 0.720. The van der Waals surface area contributed by atoms with E-state index in [9.17, 15) is 14.7 Å². The van der Waals surface area contributed by atoms with Crippen LogP contribution >= 0.6 is 0 Å². The molecule has 8 rings (SSSR count). The highest BCUT2D eigenvalue weighted by Crippen LogP contribution is 2.72. The maximum Gasteiger partial charge on any atom is 0.335 e. The minimum Gasteiger partial charge on any atom is -0.457 e. The van der Waals surface area contributed by atoms with Crippen LogP contribution in [0.4, 0.5) is 0 Å². The standard InChI is InChI=1S/C37H41NO7/c1-33(2)31-26(39)20-28-36(44-31,45-33)16-15-34(3)35(4)22(18-24-23-13-9-10-14-25(23)38-30(24)35)19-29(37(28,34)41)43-32(40)27(42-5)17-21-11-7-6-8-12-21/h6-14,20,22,27,29,31,38,41H,15-19H2,1-5H3/t22-,27-,29+,31?,34?,35-,36+,37+/m1/s1. The molecule has 2 unspecified atom stereocenters. The molecule has 3 aliphatic carbocycles. The molecule has 236 valence electrons. The number of aromatic amines is 1. The third kappa shape index (κ3) is 3.62. The van der Waals surface area contributed by atoms with Crippen molar-refractivity contribution in [3.05, 3.63) is 83.1 Å². The molecule has 8 nitrogen and oxygen atoms in total. The molecule has 3 fully saturated rings. The van der Waals surface area contributed by atoms with E-state index in [1.54, 1.807) is 6.08 Å². The summed E-state index contributed by atoms with van der Waals surface area (Å²) in [6, 6.07) is 18.0. The lowest BCUT2D eigenvalue weighted by atomic mass is 9.41. The second kappa shape index (κ2) is 9.38. The molecule has 0 radical (unpaired) electrons. The fourth-order valence-corrected chi connectivity index (χ4v) is 9.84. The van der Waals surface area contributed by atoms with Crippen LogP contribution in [0.15, 0.2) is 66.2 Å². The number of ketones is 1. The molecule has 2 bridgehead atoms. The van der Waals surface area contributed by atoms with Gasteiger partial charge in [0.25, 0.3) is 0 Å². The van der Waals surface area contributed by atoms with Gasteiger partial charge in [-0.05, 0) is 62.3 Å². The third-order valence-corrected chi connectivity index (χ3v) is 12.3. The van der Waals surface area contributed by atoms with Crippen molar-refractivity contribution >= 4 is 22.7 Å². The van der Waals surface area contributed by atoms with Gasteiger partial charge >= 0.3 is 5.97 Å². The molecule has 2 N–H and O–H groups in total. The van der Waals surface area contributed by atoms with Crippen molar-refractivity contribution in [2.75, 3.05) is 7.11 Å². The predicted octanol–water partition coefficient (Wildman–Crippen LogP) is 5.10. The van der Waals surface area contributed by atoms with Gasteiger partial charge in [-0.3, -0.25) is 4.79 Å². The van der Waals surface area contributed by atoms with Crippen molar-refractivity contribution in [2.24, 2.45) is 11.3 Å². The van der Waals surface area contributed by atoms with E-state index in [1.807, 2.05) is 50.2 Å². The molecule has 45 heavy (non-hydrogen) atoms. The number of hydrogen-bond donors (Lipinski definition) is 2. The number of rotatable bonds is 5. The maximum atomic E-state index is 14.0. The lowest BCUT2D eigenvalue weighted by Gasteiger charge is -2.67. The normalized spacial score (nSPS) is 38.1. The van der Waals surface area contributed by atoms with E-state index < -0.39 is 52.1 Å². The zero-order chi connectivity index (χ0) is 31.6. The SMILES string of the molecule is CO[C@H](Cc1ccccc1)C(=O)O[C@H]1C[C@H]2Cc3c([nH]c4ccccc34)[C@]2(C)C2(C)CC[C@@]34OC(C(=O)C=C3[C@]12O)C(C)(C)O4. The quantitative estimate of drug-likeness (QED) is 0.387. The molecule has 2 aromatic carbocycles. The summed E-state index contributed by atoms with van der Waals surface area (Å²) in [5.74, 6) is -1.99. The largest absolute Gasteiger partial charge is 0.457 e. The Balaban J connectivity index is 1.26. The second-order valence-electron chi connectivity index (χ2n) is 14.7. The topological polar surface area (TPSA) is 107 Å². The average molecular weight is 612 g/mol. The molecule has 3 heterocycles. The summed E-state index contributed by atoms with van der Waals surface area (Å²) in [7, 11) is 1.50. The Labute approximate surface area is 263 Å². The number of para-hydroxylation sites is 1. The van der Waals surface area contributed by atoms with Crippen LogP contribution in [0.25, 0.3) is 10.9 Å². The summed E-state index contributed by atoms with van der Waals surface area (Å²) in [4.78, 5) is 31.3. The number of carbonyl (C=O) groups is 2. The number of benzene rings is 2. The van der Waals surface area contributed by atoms with E-state index in [4.69, 9.17) is 18.9 Å². The molecule has 0 amide bonds. The van der Waals surface area contributed by atoms with Crippen molar-refractivity contribution < 1.29 is 33.6 Å². The molecule has 3 aromatic rings. The van der Waals surface area contributed by atoms with Gasteiger partial charge in [-0.1, -0.05) is 62.4 Å². The lowest BCUT2D eigenvalue weighted by molar-refractivity contribution is -0.278. The van der Waals surface area contributed by atoms with Gasteiger partial charge in [0.2, 0.25) is 0 Å². The molecule has 5 aliphatic rings. The van der Waals surface area contributed by atoms with E-state index in [0.717, 1.165) is 23.2 Å². The Morgan fingerprint density at radius 2 is 1.80 bits per heavy atom. The van der Waals surface area contributed by atoms with Gasteiger partial charge < -0.3 is 29.0 Å². The van der Waals surface area contributed by atoms with Gasteiger partial charge in [0.15, 0.2) is 23.8 Å². The Morgan fingerprint density at radius 1 is 1.07 bits per heavy atom. The van der Waals surface area contributed by atoms with E-state index in [0.29, 0.717) is 31.3 Å². The number of aliphatic hydroxyl groups is 1. The lowest BCUT2D eigenvalue weighted by Crippen LogP contribution is -2.75. The van der Waals surface area contributed by atoms with E-state index >= 15 is 0 Å². The van der Waals surface area contributed by atoms with Crippen molar-refractivity contribution in [2.45, 2.75) is 101 Å². The highest BCUT2D eigenvalue weighted by Gasteiger charge is 2.78. The van der Waals surface area contributed by atoms with Crippen LogP contribution in [0.1, 0.15) is 63.8 Å². The molecule has 8 heteroatoms. The fourth-order valence-electron chi connectivity index (χ4n) is 9.84. The summed E-state index contributed by atoms with van der Waals surface area (Å²) in [6.45, 7) is 8.05. The van der Waals surface area contributed by atoms with Crippen molar-refractivity contribution in [3.63, 3.8) is 0 Å². The molecule has 1 saturated heterocycles. The van der Waals surface area contributed by atoms with Crippen LogP contribution in [0.3, 0.4) is 0 Å². The maximum absolute atomic E-state index is 14.0. The smallest absolute Gasteiger partial charge is 0.335 e. The van der Waals surface area contributed by atoms with Gasteiger partial charge in [-0.15, -0.1) is 0 Å². The monoisotopic (exact) mass is 611 g/mol. The summed E-state index contributed by atoms with van der Waals surface area (Å²) < 4.78 is 25.2.